The molecule has 0 saturated carbocycles. The van der Waals surface area contributed by atoms with Gasteiger partial charge in [0.1, 0.15) is 0 Å². The average Bonchev–Trinajstić information content (AvgIpc) is 2.88. The maximum absolute atomic E-state index is 12.4. The molecule has 1 heterocycles. The van der Waals surface area contributed by atoms with Crippen LogP contribution in [-0.2, 0) is 6.54 Å². The summed E-state index contributed by atoms with van der Waals surface area (Å²) in [5.41, 5.74) is 5.13. The predicted octanol–water partition coefficient (Wildman–Crippen LogP) is 4.12. The Morgan fingerprint density at radius 1 is 1.24 bits per heavy atom. The van der Waals surface area contributed by atoms with Crippen LogP contribution < -0.4 is 10.6 Å². The molecule has 1 aromatic heterocycles. The van der Waals surface area contributed by atoms with E-state index in [1.807, 2.05) is 25.1 Å². The van der Waals surface area contributed by atoms with Gasteiger partial charge in [-0.05, 0) is 54.3 Å². The minimum absolute atomic E-state index is 0.0251. The van der Waals surface area contributed by atoms with Gasteiger partial charge in [-0.2, -0.15) is 11.3 Å². The molecule has 0 saturated heterocycles. The Hall–Kier alpha value is -1.81. The first-order valence-corrected chi connectivity index (χ1v) is 8.20. The average molecular weight is 302 g/mol. The van der Waals surface area contributed by atoms with Crippen LogP contribution in [0.5, 0.6) is 0 Å². The van der Waals surface area contributed by atoms with Crippen molar-refractivity contribution in [2.75, 3.05) is 11.9 Å². The van der Waals surface area contributed by atoms with Gasteiger partial charge in [-0.1, -0.05) is 18.6 Å². The minimum Gasteiger partial charge on any atom is -0.384 e. The van der Waals surface area contributed by atoms with Gasteiger partial charge in [-0.15, -0.1) is 0 Å². The number of nitrogens with one attached hydrogen (secondary N) is 2. The van der Waals surface area contributed by atoms with Crippen LogP contribution in [0.4, 0.5) is 5.69 Å². The van der Waals surface area contributed by atoms with Crippen LogP contribution in [0.25, 0.3) is 0 Å². The molecule has 0 bridgehead atoms. The molecule has 0 spiro atoms. The lowest BCUT2D eigenvalue weighted by Crippen LogP contribution is -2.24. The molecule has 0 aliphatic heterocycles. The molecule has 21 heavy (non-hydrogen) atoms. The highest BCUT2D eigenvalue weighted by Crippen LogP contribution is 2.18. The molecule has 2 rings (SSSR count). The second-order valence-electron chi connectivity index (χ2n) is 5.24. The standard InChI is InChI=1S/C17H22N2OS/c1-4-7-18-16-6-5-12(2)8-15(16)17(20)19-9-14-11-21-10-13(14)3/h5-6,8,10-11,18H,4,7,9H2,1-3H3,(H,19,20). The minimum atomic E-state index is -0.0251. The van der Waals surface area contributed by atoms with Crippen molar-refractivity contribution in [2.24, 2.45) is 0 Å². The smallest absolute Gasteiger partial charge is 0.253 e. The molecule has 0 unspecified atom stereocenters. The Kier molecular flexibility index (Phi) is 5.39. The van der Waals surface area contributed by atoms with Gasteiger partial charge < -0.3 is 10.6 Å². The fourth-order valence-electron chi connectivity index (χ4n) is 2.10. The van der Waals surface area contributed by atoms with Crippen molar-refractivity contribution < 1.29 is 4.79 Å². The third kappa shape index (κ3) is 4.08. The SMILES string of the molecule is CCCNc1ccc(C)cc1C(=O)NCc1cscc1C. The monoisotopic (exact) mass is 302 g/mol. The summed E-state index contributed by atoms with van der Waals surface area (Å²) in [5.74, 6) is -0.0251. The number of carbonyl (C=O) groups is 1. The molecule has 0 atom stereocenters. The van der Waals surface area contributed by atoms with Gasteiger partial charge in [0.25, 0.3) is 5.91 Å². The number of amides is 1. The predicted molar refractivity (Wildman–Crippen MR) is 90.2 cm³/mol. The van der Waals surface area contributed by atoms with Crippen LogP contribution in [0, 0.1) is 13.8 Å². The van der Waals surface area contributed by atoms with E-state index in [2.05, 4.69) is 35.2 Å². The molecule has 3 nitrogen and oxygen atoms in total. The van der Waals surface area contributed by atoms with Crippen LogP contribution in [0.3, 0.4) is 0 Å². The highest BCUT2D eigenvalue weighted by molar-refractivity contribution is 7.08. The summed E-state index contributed by atoms with van der Waals surface area (Å²) in [6.07, 6.45) is 1.03. The number of hydrogen-bond donors (Lipinski definition) is 2. The van der Waals surface area contributed by atoms with Gasteiger partial charge in [-0.25, -0.2) is 0 Å². The number of anilines is 1. The van der Waals surface area contributed by atoms with Gasteiger partial charge in [0.2, 0.25) is 0 Å². The summed E-state index contributed by atoms with van der Waals surface area (Å²) in [7, 11) is 0. The zero-order chi connectivity index (χ0) is 15.2. The third-order valence-electron chi connectivity index (χ3n) is 3.39. The first kappa shape index (κ1) is 15.6. The van der Waals surface area contributed by atoms with Crippen molar-refractivity contribution >= 4 is 22.9 Å². The second-order valence-corrected chi connectivity index (χ2v) is 5.98. The van der Waals surface area contributed by atoms with Crippen molar-refractivity contribution in [3.8, 4) is 0 Å². The van der Waals surface area contributed by atoms with Gasteiger partial charge in [0.15, 0.2) is 0 Å². The molecular weight excluding hydrogens is 280 g/mol. The lowest BCUT2D eigenvalue weighted by Gasteiger charge is -2.12. The van der Waals surface area contributed by atoms with Gasteiger partial charge >= 0.3 is 0 Å². The molecule has 4 heteroatoms. The van der Waals surface area contributed by atoms with Gasteiger partial charge in [0, 0.05) is 18.8 Å². The maximum Gasteiger partial charge on any atom is 0.253 e. The van der Waals surface area contributed by atoms with Crippen molar-refractivity contribution in [1.29, 1.82) is 0 Å². The Labute approximate surface area is 130 Å². The topological polar surface area (TPSA) is 41.1 Å². The van der Waals surface area contributed by atoms with E-state index in [4.69, 9.17) is 0 Å². The molecule has 2 N–H and O–H groups in total. The molecule has 2 aromatic rings. The molecule has 1 amide bonds. The number of rotatable bonds is 6. The summed E-state index contributed by atoms with van der Waals surface area (Å²) < 4.78 is 0. The highest BCUT2D eigenvalue weighted by atomic mass is 32.1. The van der Waals surface area contributed by atoms with E-state index < -0.39 is 0 Å². The summed E-state index contributed by atoms with van der Waals surface area (Å²) in [4.78, 5) is 12.4. The second kappa shape index (κ2) is 7.27. The number of benzene rings is 1. The Balaban J connectivity index is 2.10. The molecule has 1 aromatic carbocycles. The van der Waals surface area contributed by atoms with Crippen molar-refractivity contribution in [3.63, 3.8) is 0 Å². The third-order valence-corrected chi connectivity index (χ3v) is 4.30. The molecular formula is C17H22N2OS. The summed E-state index contributed by atoms with van der Waals surface area (Å²) >= 11 is 1.67. The van der Waals surface area contributed by atoms with E-state index in [9.17, 15) is 4.79 Å². The molecule has 0 aliphatic rings. The van der Waals surface area contributed by atoms with Crippen LogP contribution >= 0.6 is 11.3 Å². The number of thiophene rings is 1. The quantitative estimate of drug-likeness (QED) is 0.843. The molecule has 112 valence electrons. The normalized spacial score (nSPS) is 10.4. The van der Waals surface area contributed by atoms with Crippen molar-refractivity contribution in [2.45, 2.75) is 33.7 Å². The Bertz CT molecular complexity index is 619. The number of aryl methyl sites for hydroxylation is 2. The van der Waals surface area contributed by atoms with Crippen LogP contribution in [0.2, 0.25) is 0 Å². The van der Waals surface area contributed by atoms with E-state index in [0.29, 0.717) is 6.54 Å². The zero-order valence-corrected chi connectivity index (χ0v) is 13.6. The summed E-state index contributed by atoms with van der Waals surface area (Å²) in [6, 6.07) is 5.95. The van der Waals surface area contributed by atoms with Crippen molar-refractivity contribution in [3.05, 3.63) is 51.2 Å². The number of carbonyl (C=O) groups excluding carboxylic acids is 1. The Morgan fingerprint density at radius 2 is 2.05 bits per heavy atom. The largest absolute Gasteiger partial charge is 0.384 e. The molecule has 0 fully saturated rings. The maximum atomic E-state index is 12.4. The lowest BCUT2D eigenvalue weighted by atomic mass is 10.1. The first-order chi connectivity index (χ1) is 10.1. The van der Waals surface area contributed by atoms with E-state index >= 15 is 0 Å². The Morgan fingerprint density at radius 3 is 2.71 bits per heavy atom. The lowest BCUT2D eigenvalue weighted by molar-refractivity contribution is 0.0951. The van der Waals surface area contributed by atoms with Crippen molar-refractivity contribution in [1.82, 2.24) is 5.32 Å². The van der Waals surface area contributed by atoms with Crippen LogP contribution in [0.15, 0.2) is 29.0 Å². The van der Waals surface area contributed by atoms with Gasteiger partial charge in [0.05, 0.1) is 5.56 Å². The number of hydrogen-bond acceptors (Lipinski definition) is 3. The van der Waals surface area contributed by atoms with E-state index in [-0.39, 0.29) is 5.91 Å². The van der Waals surface area contributed by atoms with E-state index in [1.54, 1.807) is 11.3 Å². The van der Waals surface area contributed by atoms with E-state index in [0.717, 1.165) is 29.8 Å². The van der Waals surface area contributed by atoms with E-state index in [1.165, 1.54) is 11.1 Å². The zero-order valence-electron chi connectivity index (χ0n) is 12.8. The first-order valence-electron chi connectivity index (χ1n) is 7.26. The molecule has 0 radical (unpaired) electrons. The van der Waals surface area contributed by atoms with Gasteiger partial charge in [-0.3, -0.25) is 4.79 Å². The summed E-state index contributed by atoms with van der Waals surface area (Å²) in [5, 5.41) is 10.5. The molecule has 0 aliphatic carbocycles. The summed E-state index contributed by atoms with van der Waals surface area (Å²) in [6.45, 7) is 7.63. The van der Waals surface area contributed by atoms with Crippen LogP contribution in [-0.4, -0.2) is 12.5 Å². The fraction of sp³-hybridized carbons (Fsp3) is 0.353. The highest BCUT2D eigenvalue weighted by Gasteiger charge is 2.12. The van der Waals surface area contributed by atoms with Crippen LogP contribution in [0.1, 0.15) is 40.4 Å². The fourth-order valence-corrected chi connectivity index (χ4v) is 2.96.